The smallest absolute Gasteiger partial charge is 0.254 e. The van der Waals surface area contributed by atoms with Crippen molar-refractivity contribution in [3.63, 3.8) is 0 Å². The van der Waals surface area contributed by atoms with Crippen molar-refractivity contribution in [1.29, 1.82) is 0 Å². The number of amides is 2. The molecule has 2 aromatic rings. The van der Waals surface area contributed by atoms with Gasteiger partial charge in [-0.3, -0.25) is 9.59 Å². The Morgan fingerprint density at radius 2 is 2.04 bits per heavy atom. The monoisotopic (exact) mass is 328 g/mol. The van der Waals surface area contributed by atoms with Gasteiger partial charge in [0.25, 0.3) is 5.91 Å². The van der Waals surface area contributed by atoms with Crippen LogP contribution in [0.3, 0.4) is 0 Å². The zero-order valence-corrected chi connectivity index (χ0v) is 13.7. The van der Waals surface area contributed by atoms with E-state index in [1.54, 1.807) is 28.4 Å². The molecule has 1 aromatic carbocycles. The molecule has 2 heterocycles. The average Bonchev–Trinajstić information content (AvgIpc) is 3.01. The van der Waals surface area contributed by atoms with E-state index in [0.717, 1.165) is 18.4 Å². The molecule has 0 radical (unpaired) electrons. The van der Waals surface area contributed by atoms with E-state index in [2.05, 4.69) is 5.32 Å². The summed E-state index contributed by atoms with van der Waals surface area (Å²) in [5.41, 5.74) is 1.69. The Balaban J connectivity index is 1.89. The van der Waals surface area contributed by atoms with Gasteiger partial charge in [-0.05, 0) is 53.8 Å². The maximum Gasteiger partial charge on any atom is 0.254 e. The first-order valence-electron chi connectivity index (χ1n) is 7.90. The van der Waals surface area contributed by atoms with Crippen LogP contribution in [0.15, 0.2) is 47.2 Å². The highest BCUT2D eigenvalue weighted by Gasteiger charge is 2.31. The van der Waals surface area contributed by atoms with E-state index in [4.69, 9.17) is 0 Å². The van der Waals surface area contributed by atoms with Crippen molar-refractivity contribution in [2.75, 3.05) is 6.54 Å². The molecular formula is C18H20N2O2S. The second-order valence-electron chi connectivity index (χ2n) is 5.73. The lowest BCUT2D eigenvalue weighted by atomic mass is 10.1. The second kappa shape index (κ2) is 7.42. The molecule has 1 aliphatic rings. The van der Waals surface area contributed by atoms with Crippen LogP contribution in [0.4, 0.5) is 0 Å². The van der Waals surface area contributed by atoms with Gasteiger partial charge >= 0.3 is 0 Å². The molecule has 120 valence electrons. The number of carbonyl (C=O) groups excluding carboxylic acids is 2. The highest BCUT2D eigenvalue weighted by atomic mass is 32.1. The molecule has 5 heteroatoms. The molecule has 0 bridgehead atoms. The van der Waals surface area contributed by atoms with E-state index >= 15 is 0 Å². The van der Waals surface area contributed by atoms with Crippen molar-refractivity contribution in [1.82, 2.24) is 10.2 Å². The molecule has 1 atom stereocenters. The van der Waals surface area contributed by atoms with E-state index in [1.165, 1.54) is 0 Å². The molecule has 1 unspecified atom stereocenters. The lowest BCUT2D eigenvalue weighted by Gasteiger charge is -2.30. The van der Waals surface area contributed by atoms with Gasteiger partial charge < -0.3 is 10.2 Å². The van der Waals surface area contributed by atoms with Crippen molar-refractivity contribution in [3.05, 3.63) is 58.3 Å². The fraction of sp³-hybridized carbons (Fsp3) is 0.333. The van der Waals surface area contributed by atoms with Gasteiger partial charge in [0.15, 0.2) is 0 Å². The van der Waals surface area contributed by atoms with Crippen LogP contribution in [0.2, 0.25) is 0 Å². The summed E-state index contributed by atoms with van der Waals surface area (Å²) in [5, 5.41) is 6.95. The number of nitrogens with zero attached hydrogens (tertiary/aromatic N) is 1. The van der Waals surface area contributed by atoms with Crippen LogP contribution < -0.4 is 5.32 Å². The van der Waals surface area contributed by atoms with Gasteiger partial charge in [0.2, 0.25) is 5.91 Å². The Morgan fingerprint density at radius 1 is 1.22 bits per heavy atom. The second-order valence-corrected chi connectivity index (χ2v) is 6.51. The molecule has 1 fully saturated rings. The summed E-state index contributed by atoms with van der Waals surface area (Å²) in [7, 11) is 0. The van der Waals surface area contributed by atoms with E-state index in [-0.39, 0.29) is 11.8 Å². The van der Waals surface area contributed by atoms with Crippen LogP contribution in [-0.2, 0) is 11.3 Å². The minimum Gasteiger partial charge on any atom is -0.354 e. The van der Waals surface area contributed by atoms with Gasteiger partial charge in [0, 0.05) is 18.7 Å². The van der Waals surface area contributed by atoms with E-state index in [9.17, 15) is 9.59 Å². The van der Waals surface area contributed by atoms with Crippen LogP contribution in [0, 0.1) is 0 Å². The minimum atomic E-state index is -0.398. The van der Waals surface area contributed by atoms with Crippen LogP contribution in [-0.4, -0.2) is 29.3 Å². The zero-order valence-electron chi connectivity index (χ0n) is 12.9. The number of carbonyl (C=O) groups is 2. The Hall–Kier alpha value is -2.14. The predicted octanol–water partition coefficient (Wildman–Crippen LogP) is 3.06. The molecule has 0 aliphatic carbocycles. The third-order valence-corrected chi connectivity index (χ3v) is 4.83. The van der Waals surface area contributed by atoms with Crippen LogP contribution in [0.1, 0.15) is 35.2 Å². The number of hydrogen-bond acceptors (Lipinski definition) is 3. The predicted molar refractivity (Wildman–Crippen MR) is 91.3 cm³/mol. The maximum atomic E-state index is 13.0. The van der Waals surface area contributed by atoms with Gasteiger partial charge in [-0.1, -0.05) is 18.2 Å². The topological polar surface area (TPSA) is 49.4 Å². The van der Waals surface area contributed by atoms with E-state index in [1.807, 2.05) is 35.0 Å². The molecular weight excluding hydrogens is 308 g/mol. The Labute approximate surface area is 140 Å². The summed E-state index contributed by atoms with van der Waals surface area (Å²) < 4.78 is 0. The normalized spacial score (nSPS) is 18.1. The molecule has 1 aromatic heterocycles. The van der Waals surface area contributed by atoms with Gasteiger partial charge in [0.05, 0.1) is 0 Å². The van der Waals surface area contributed by atoms with Crippen LogP contribution in [0.25, 0.3) is 0 Å². The number of benzene rings is 1. The van der Waals surface area contributed by atoms with Crippen molar-refractivity contribution >= 4 is 23.2 Å². The molecule has 23 heavy (non-hydrogen) atoms. The minimum absolute atomic E-state index is 0.0398. The number of thiophene rings is 1. The van der Waals surface area contributed by atoms with Gasteiger partial charge in [-0.25, -0.2) is 0 Å². The first kappa shape index (κ1) is 15.7. The zero-order chi connectivity index (χ0) is 16.1. The number of nitrogens with one attached hydrogen (secondary N) is 1. The summed E-state index contributed by atoms with van der Waals surface area (Å²) in [4.78, 5) is 27.1. The highest BCUT2D eigenvalue weighted by Crippen LogP contribution is 2.20. The maximum absolute atomic E-state index is 13.0. The molecule has 0 spiro atoms. The molecule has 0 saturated carbocycles. The Kier molecular flexibility index (Phi) is 5.08. The summed E-state index contributed by atoms with van der Waals surface area (Å²) in [6.07, 6.45) is 2.63. The van der Waals surface area contributed by atoms with Crippen molar-refractivity contribution < 1.29 is 9.59 Å². The summed E-state index contributed by atoms with van der Waals surface area (Å²) in [5.74, 6) is -0.124. The first-order valence-corrected chi connectivity index (χ1v) is 8.85. The summed E-state index contributed by atoms with van der Waals surface area (Å²) >= 11 is 1.60. The Morgan fingerprint density at radius 3 is 2.78 bits per heavy atom. The molecule has 3 rings (SSSR count). The lowest BCUT2D eigenvalue weighted by molar-refractivity contribution is -0.125. The first-order chi connectivity index (χ1) is 11.3. The highest BCUT2D eigenvalue weighted by molar-refractivity contribution is 7.07. The molecule has 1 saturated heterocycles. The standard InChI is InChI=1S/C18H20N2O2S/c21-17-16(8-4-5-10-19-17)20(12-14-9-11-23-13-14)18(22)15-6-2-1-3-7-15/h1-3,6-7,9,11,13,16H,4-5,8,10,12H2,(H,19,21). The molecule has 2 amide bonds. The van der Waals surface area contributed by atoms with Gasteiger partial charge in [-0.2, -0.15) is 11.3 Å². The number of hydrogen-bond donors (Lipinski definition) is 1. The van der Waals surface area contributed by atoms with Crippen LogP contribution in [0.5, 0.6) is 0 Å². The quantitative estimate of drug-likeness (QED) is 0.938. The van der Waals surface area contributed by atoms with Crippen LogP contribution >= 0.6 is 11.3 Å². The molecule has 4 nitrogen and oxygen atoms in total. The van der Waals surface area contributed by atoms with Crippen molar-refractivity contribution in [3.8, 4) is 0 Å². The summed E-state index contributed by atoms with van der Waals surface area (Å²) in [6, 6.07) is 10.8. The lowest BCUT2D eigenvalue weighted by Crippen LogP contribution is -2.48. The average molecular weight is 328 g/mol. The van der Waals surface area contributed by atoms with E-state index < -0.39 is 6.04 Å². The summed E-state index contributed by atoms with van der Waals surface area (Å²) in [6.45, 7) is 1.16. The fourth-order valence-corrected chi connectivity index (χ4v) is 3.53. The SMILES string of the molecule is O=C1NCCCCC1N(Cc1ccsc1)C(=O)c1ccccc1. The Bertz CT molecular complexity index is 655. The largest absolute Gasteiger partial charge is 0.354 e. The van der Waals surface area contributed by atoms with Gasteiger partial charge in [-0.15, -0.1) is 0 Å². The van der Waals surface area contributed by atoms with E-state index in [0.29, 0.717) is 25.1 Å². The molecule has 1 aliphatic heterocycles. The van der Waals surface area contributed by atoms with Crippen molar-refractivity contribution in [2.24, 2.45) is 0 Å². The fourth-order valence-electron chi connectivity index (χ4n) is 2.87. The third kappa shape index (κ3) is 3.79. The number of rotatable bonds is 4. The van der Waals surface area contributed by atoms with Crippen molar-refractivity contribution in [2.45, 2.75) is 31.8 Å². The molecule has 1 N–H and O–H groups in total. The third-order valence-electron chi connectivity index (χ3n) is 4.10. The van der Waals surface area contributed by atoms with Gasteiger partial charge in [0.1, 0.15) is 6.04 Å².